The van der Waals surface area contributed by atoms with Gasteiger partial charge >= 0.3 is 0 Å². The van der Waals surface area contributed by atoms with Crippen LogP contribution in [0.5, 0.6) is 11.5 Å². The lowest BCUT2D eigenvalue weighted by atomic mass is 9.96. The zero-order valence-corrected chi connectivity index (χ0v) is 13.0. The van der Waals surface area contributed by atoms with Gasteiger partial charge in [0.05, 0.1) is 23.6 Å². The van der Waals surface area contributed by atoms with Gasteiger partial charge in [0.2, 0.25) is 5.91 Å². The molecule has 1 aliphatic heterocycles. The van der Waals surface area contributed by atoms with Crippen LogP contribution in [0.1, 0.15) is 5.56 Å². The monoisotopic (exact) mass is 328 g/mol. The van der Waals surface area contributed by atoms with Crippen molar-refractivity contribution in [3.05, 3.63) is 58.1 Å². The molecule has 124 valence electrons. The molecule has 24 heavy (non-hydrogen) atoms. The van der Waals surface area contributed by atoms with Gasteiger partial charge in [-0.1, -0.05) is 18.2 Å². The van der Waals surface area contributed by atoms with Crippen LogP contribution in [0.25, 0.3) is 0 Å². The van der Waals surface area contributed by atoms with Crippen LogP contribution in [0.4, 0.5) is 11.4 Å². The maximum absolute atomic E-state index is 12.5. The van der Waals surface area contributed by atoms with E-state index in [1.54, 1.807) is 0 Å². The number of fused-ring (bicyclic) bond motifs is 1. The highest BCUT2D eigenvalue weighted by atomic mass is 16.6. The molecule has 1 atom stereocenters. The molecule has 0 saturated heterocycles. The first kappa shape index (κ1) is 15.8. The van der Waals surface area contributed by atoms with Gasteiger partial charge < -0.3 is 14.8 Å². The predicted octanol–water partition coefficient (Wildman–Crippen LogP) is 2.79. The Bertz CT molecular complexity index is 790. The normalized spacial score (nSPS) is 15.8. The summed E-state index contributed by atoms with van der Waals surface area (Å²) in [6, 6.07) is 11.6. The zero-order valence-electron chi connectivity index (χ0n) is 13.0. The molecule has 0 aromatic heterocycles. The summed E-state index contributed by atoms with van der Waals surface area (Å²) in [5, 5.41) is 13.6. The van der Waals surface area contributed by atoms with E-state index in [0.29, 0.717) is 12.2 Å². The number of carbonyl (C=O) groups is 1. The van der Waals surface area contributed by atoms with E-state index >= 15 is 0 Å². The van der Waals surface area contributed by atoms with Gasteiger partial charge in [-0.15, -0.1) is 0 Å². The fourth-order valence-electron chi connectivity index (χ4n) is 2.64. The molecule has 0 radical (unpaired) electrons. The number of para-hydroxylation sites is 1. The van der Waals surface area contributed by atoms with E-state index in [1.165, 1.54) is 25.3 Å². The van der Waals surface area contributed by atoms with Crippen molar-refractivity contribution >= 4 is 17.3 Å². The topological polar surface area (TPSA) is 90.7 Å². The molecule has 0 spiro atoms. The van der Waals surface area contributed by atoms with E-state index in [4.69, 9.17) is 9.47 Å². The van der Waals surface area contributed by atoms with Crippen molar-refractivity contribution < 1.29 is 19.2 Å². The minimum atomic E-state index is -0.519. The number of non-ortho nitro benzene ring substituents is 1. The molecule has 1 aliphatic rings. The molecule has 0 bridgehead atoms. The van der Waals surface area contributed by atoms with Crippen molar-refractivity contribution in [2.24, 2.45) is 5.92 Å². The van der Waals surface area contributed by atoms with Gasteiger partial charge in [-0.2, -0.15) is 0 Å². The SMILES string of the molecule is COc1ccc([N+](=O)[O-])cc1NC(=O)C1COc2ccccc2C1. The van der Waals surface area contributed by atoms with Crippen molar-refractivity contribution in [3.8, 4) is 11.5 Å². The highest BCUT2D eigenvalue weighted by Gasteiger charge is 2.26. The second kappa shape index (κ2) is 6.57. The summed E-state index contributed by atoms with van der Waals surface area (Å²) in [6.07, 6.45) is 0.555. The van der Waals surface area contributed by atoms with Crippen molar-refractivity contribution in [2.75, 3.05) is 19.0 Å². The summed E-state index contributed by atoms with van der Waals surface area (Å²) in [6.45, 7) is 0.264. The van der Waals surface area contributed by atoms with Crippen molar-refractivity contribution in [3.63, 3.8) is 0 Å². The highest BCUT2D eigenvalue weighted by Crippen LogP contribution is 2.31. The largest absolute Gasteiger partial charge is 0.495 e. The summed E-state index contributed by atoms with van der Waals surface area (Å²) in [7, 11) is 1.44. The Kier molecular flexibility index (Phi) is 4.33. The highest BCUT2D eigenvalue weighted by molar-refractivity contribution is 5.94. The smallest absolute Gasteiger partial charge is 0.271 e. The number of nitro benzene ring substituents is 1. The van der Waals surface area contributed by atoms with Crippen LogP contribution in [-0.2, 0) is 11.2 Å². The molecule has 2 aromatic rings. The lowest BCUT2D eigenvalue weighted by Crippen LogP contribution is -2.32. The third kappa shape index (κ3) is 3.15. The van der Waals surface area contributed by atoms with Crippen molar-refractivity contribution in [2.45, 2.75) is 6.42 Å². The number of nitrogens with zero attached hydrogens (tertiary/aromatic N) is 1. The van der Waals surface area contributed by atoms with Crippen LogP contribution in [0.3, 0.4) is 0 Å². The summed E-state index contributed by atoms with van der Waals surface area (Å²) >= 11 is 0. The number of benzene rings is 2. The molecule has 1 heterocycles. The fraction of sp³-hybridized carbons (Fsp3) is 0.235. The molecule has 1 N–H and O–H groups in total. The molecule has 1 amide bonds. The van der Waals surface area contributed by atoms with E-state index in [2.05, 4.69) is 5.32 Å². The number of hydrogen-bond acceptors (Lipinski definition) is 5. The molecule has 3 rings (SSSR count). The first-order valence-electron chi connectivity index (χ1n) is 7.42. The number of carbonyl (C=O) groups excluding carboxylic acids is 1. The zero-order chi connectivity index (χ0) is 17.1. The summed E-state index contributed by atoms with van der Waals surface area (Å²) in [5.74, 6) is 0.521. The van der Waals surface area contributed by atoms with Gasteiger partial charge in [0, 0.05) is 12.1 Å². The van der Waals surface area contributed by atoms with Crippen molar-refractivity contribution in [1.29, 1.82) is 0 Å². The van der Waals surface area contributed by atoms with E-state index < -0.39 is 4.92 Å². The van der Waals surface area contributed by atoms with Gasteiger partial charge in [0.15, 0.2) is 0 Å². The summed E-state index contributed by atoms with van der Waals surface area (Å²) < 4.78 is 10.8. The first-order valence-corrected chi connectivity index (χ1v) is 7.42. The molecule has 0 aliphatic carbocycles. The number of ether oxygens (including phenoxy) is 2. The number of nitro groups is 1. The summed E-state index contributed by atoms with van der Waals surface area (Å²) in [5.41, 5.74) is 1.13. The van der Waals surface area contributed by atoms with Crippen LogP contribution < -0.4 is 14.8 Å². The molecular formula is C17H16N2O5. The van der Waals surface area contributed by atoms with Gasteiger partial charge in [-0.05, 0) is 24.1 Å². The van der Waals surface area contributed by atoms with E-state index in [0.717, 1.165) is 11.3 Å². The number of anilines is 1. The minimum absolute atomic E-state index is 0.115. The number of amides is 1. The average molecular weight is 328 g/mol. The number of rotatable bonds is 4. The lowest BCUT2D eigenvalue weighted by molar-refractivity contribution is -0.384. The Morgan fingerprint density at radius 3 is 2.88 bits per heavy atom. The molecule has 0 saturated carbocycles. The van der Waals surface area contributed by atoms with Gasteiger partial charge in [0.1, 0.15) is 18.1 Å². The maximum Gasteiger partial charge on any atom is 0.271 e. The molecule has 0 fully saturated rings. The van der Waals surface area contributed by atoms with E-state index in [-0.39, 0.29) is 29.8 Å². The predicted molar refractivity (Wildman–Crippen MR) is 87.4 cm³/mol. The second-order valence-electron chi connectivity index (χ2n) is 5.45. The van der Waals surface area contributed by atoms with Gasteiger partial charge in [-0.25, -0.2) is 0 Å². The van der Waals surface area contributed by atoms with Crippen LogP contribution in [0.15, 0.2) is 42.5 Å². The molecule has 2 aromatic carbocycles. The number of methoxy groups -OCH3 is 1. The first-order chi connectivity index (χ1) is 11.6. The number of hydrogen-bond donors (Lipinski definition) is 1. The van der Waals surface area contributed by atoms with Crippen LogP contribution in [-0.4, -0.2) is 24.5 Å². The van der Waals surface area contributed by atoms with Crippen LogP contribution >= 0.6 is 0 Å². The molecule has 7 heteroatoms. The molecule has 7 nitrogen and oxygen atoms in total. The average Bonchev–Trinajstić information content (AvgIpc) is 2.61. The van der Waals surface area contributed by atoms with Gasteiger partial charge in [0.25, 0.3) is 5.69 Å². The third-order valence-electron chi connectivity index (χ3n) is 3.90. The van der Waals surface area contributed by atoms with Gasteiger partial charge in [-0.3, -0.25) is 14.9 Å². The Morgan fingerprint density at radius 2 is 2.12 bits per heavy atom. The fourth-order valence-corrected chi connectivity index (χ4v) is 2.64. The molecule has 1 unspecified atom stereocenters. The quantitative estimate of drug-likeness (QED) is 0.688. The standard InChI is InChI=1S/C17H16N2O5/c1-23-16-7-6-13(19(21)22)9-14(16)18-17(20)12-8-11-4-2-3-5-15(11)24-10-12/h2-7,9,12H,8,10H2,1H3,(H,18,20). The van der Waals surface area contributed by atoms with Crippen molar-refractivity contribution in [1.82, 2.24) is 0 Å². The number of nitrogens with one attached hydrogen (secondary N) is 1. The molecular weight excluding hydrogens is 312 g/mol. The second-order valence-corrected chi connectivity index (χ2v) is 5.45. The maximum atomic E-state index is 12.5. The van der Waals surface area contributed by atoms with Crippen LogP contribution in [0.2, 0.25) is 0 Å². The van der Waals surface area contributed by atoms with E-state index in [9.17, 15) is 14.9 Å². The minimum Gasteiger partial charge on any atom is -0.495 e. The lowest BCUT2D eigenvalue weighted by Gasteiger charge is -2.24. The Morgan fingerprint density at radius 1 is 1.33 bits per heavy atom. The Hall–Kier alpha value is -3.09. The van der Waals surface area contributed by atoms with E-state index in [1.807, 2.05) is 24.3 Å². The Labute approximate surface area is 138 Å². The summed E-state index contributed by atoms with van der Waals surface area (Å²) in [4.78, 5) is 22.9. The Balaban J connectivity index is 1.78. The van der Waals surface area contributed by atoms with Crippen LogP contribution in [0, 0.1) is 16.0 Å². The third-order valence-corrected chi connectivity index (χ3v) is 3.90.